The molecule has 1 aromatic rings. The minimum absolute atomic E-state index is 0.0322. The van der Waals surface area contributed by atoms with E-state index in [0.717, 1.165) is 5.69 Å². The van der Waals surface area contributed by atoms with Gasteiger partial charge in [0.25, 0.3) is 0 Å². The van der Waals surface area contributed by atoms with Crippen molar-refractivity contribution in [2.75, 3.05) is 5.32 Å². The van der Waals surface area contributed by atoms with E-state index in [1.807, 2.05) is 24.3 Å². The van der Waals surface area contributed by atoms with Gasteiger partial charge >= 0.3 is 0 Å². The minimum atomic E-state index is -0.0322. The van der Waals surface area contributed by atoms with E-state index in [-0.39, 0.29) is 5.91 Å². The Bertz CT molecular complexity index is 384. The fourth-order valence-corrected chi connectivity index (χ4v) is 1.36. The number of rotatable bonds is 4. The van der Waals surface area contributed by atoms with E-state index in [4.69, 9.17) is 6.42 Å². The van der Waals surface area contributed by atoms with Gasteiger partial charge in [0.2, 0.25) is 5.91 Å². The van der Waals surface area contributed by atoms with Crippen molar-refractivity contribution in [2.45, 2.75) is 32.6 Å². The topological polar surface area (TPSA) is 29.1 Å². The Balaban J connectivity index is 2.55. The maximum atomic E-state index is 11.4. The Hall–Kier alpha value is -1.75. The largest absolute Gasteiger partial charge is 0.326 e. The first kappa shape index (κ1) is 12.3. The van der Waals surface area contributed by atoms with Crippen molar-refractivity contribution >= 4 is 11.6 Å². The molecule has 0 unspecified atom stereocenters. The van der Waals surface area contributed by atoms with Gasteiger partial charge in [0.05, 0.1) is 0 Å². The molecule has 0 fully saturated rings. The molecular formula is C14H17NO. The molecule has 2 heteroatoms. The second-order valence-corrected chi connectivity index (χ2v) is 4.03. The summed E-state index contributed by atoms with van der Waals surface area (Å²) in [6, 6.07) is 7.90. The summed E-state index contributed by atoms with van der Waals surface area (Å²) in [6.07, 6.45) is 5.95. The molecule has 0 aliphatic heterocycles. The van der Waals surface area contributed by atoms with Gasteiger partial charge in [0, 0.05) is 18.5 Å². The molecular weight excluding hydrogens is 198 g/mol. The molecule has 0 saturated heterocycles. The van der Waals surface area contributed by atoms with E-state index in [0.29, 0.717) is 18.8 Å². The molecule has 84 valence electrons. The normalized spacial score (nSPS) is 9.88. The van der Waals surface area contributed by atoms with Crippen LogP contribution in [-0.4, -0.2) is 5.91 Å². The third-order valence-corrected chi connectivity index (χ3v) is 2.36. The maximum absolute atomic E-state index is 11.4. The molecule has 0 bridgehead atoms. The lowest BCUT2D eigenvalue weighted by Crippen LogP contribution is -2.10. The Kier molecular flexibility index (Phi) is 4.60. The van der Waals surface area contributed by atoms with Crippen LogP contribution in [0.15, 0.2) is 24.3 Å². The van der Waals surface area contributed by atoms with Crippen molar-refractivity contribution in [3.63, 3.8) is 0 Å². The molecule has 1 aromatic carbocycles. The van der Waals surface area contributed by atoms with Crippen LogP contribution >= 0.6 is 0 Å². The van der Waals surface area contributed by atoms with Gasteiger partial charge in [-0.25, -0.2) is 0 Å². The predicted octanol–water partition coefficient (Wildman–Crippen LogP) is 3.16. The van der Waals surface area contributed by atoms with Crippen LogP contribution in [-0.2, 0) is 4.79 Å². The summed E-state index contributed by atoms with van der Waals surface area (Å²) in [6.45, 7) is 4.28. The summed E-state index contributed by atoms with van der Waals surface area (Å²) in [5.41, 5.74) is 2.09. The first-order valence-corrected chi connectivity index (χ1v) is 5.46. The van der Waals surface area contributed by atoms with Crippen molar-refractivity contribution in [3.05, 3.63) is 29.8 Å². The van der Waals surface area contributed by atoms with Crippen LogP contribution in [0.4, 0.5) is 5.69 Å². The molecule has 0 aromatic heterocycles. The van der Waals surface area contributed by atoms with Crippen molar-refractivity contribution in [2.24, 2.45) is 0 Å². The molecule has 1 amide bonds. The zero-order chi connectivity index (χ0) is 12.0. The number of benzene rings is 1. The molecule has 16 heavy (non-hydrogen) atoms. The lowest BCUT2D eigenvalue weighted by Gasteiger charge is -2.07. The van der Waals surface area contributed by atoms with E-state index in [1.54, 1.807) is 0 Å². The smallest absolute Gasteiger partial charge is 0.225 e. The Morgan fingerprint density at radius 1 is 1.38 bits per heavy atom. The predicted molar refractivity (Wildman–Crippen MR) is 67.2 cm³/mol. The van der Waals surface area contributed by atoms with E-state index < -0.39 is 0 Å². The van der Waals surface area contributed by atoms with Gasteiger partial charge in [0.15, 0.2) is 0 Å². The maximum Gasteiger partial charge on any atom is 0.225 e. The van der Waals surface area contributed by atoms with Gasteiger partial charge in [-0.15, -0.1) is 12.3 Å². The fraction of sp³-hybridized carbons (Fsp3) is 0.357. The zero-order valence-electron chi connectivity index (χ0n) is 9.79. The SMILES string of the molecule is C#CCCC(=O)Nc1ccc(C(C)C)cc1. The number of hydrogen-bond acceptors (Lipinski definition) is 1. The highest BCUT2D eigenvalue weighted by atomic mass is 16.1. The molecule has 0 atom stereocenters. The van der Waals surface area contributed by atoms with E-state index in [9.17, 15) is 4.79 Å². The molecule has 0 aliphatic carbocycles. The second-order valence-electron chi connectivity index (χ2n) is 4.03. The average molecular weight is 215 g/mol. The molecule has 1 N–H and O–H groups in total. The van der Waals surface area contributed by atoms with Crippen LogP contribution in [0.1, 0.15) is 38.2 Å². The summed E-state index contributed by atoms with van der Waals surface area (Å²) in [4.78, 5) is 11.4. The van der Waals surface area contributed by atoms with Crippen LogP contribution < -0.4 is 5.32 Å². The number of carbonyl (C=O) groups is 1. The van der Waals surface area contributed by atoms with Crippen LogP contribution in [0, 0.1) is 12.3 Å². The van der Waals surface area contributed by atoms with Crippen molar-refractivity contribution in [1.82, 2.24) is 0 Å². The molecule has 0 aliphatic rings. The molecule has 0 saturated carbocycles. The third-order valence-electron chi connectivity index (χ3n) is 2.36. The summed E-state index contributed by atoms with van der Waals surface area (Å²) < 4.78 is 0. The average Bonchev–Trinajstić information content (AvgIpc) is 2.27. The van der Waals surface area contributed by atoms with Crippen molar-refractivity contribution < 1.29 is 4.79 Å². The molecule has 1 rings (SSSR count). The van der Waals surface area contributed by atoms with Crippen LogP contribution in [0.3, 0.4) is 0 Å². The number of amides is 1. The van der Waals surface area contributed by atoms with E-state index in [2.05, 4.69) is 25.1 Å². The number of anilines is 1. The highest BCUT2D eigenvalue weighted by molar-refractivity contribution is 5.90. The Morgan fingerprint density at radius 3 is 2.50 bits per heavy atom. The van der Waals surface area contributed by atoms with Crippen molar-refractivity contribution in [3.8, 4) is 12.3 Å². The summed E-state index contributed by atoms with van der Waals surface area (Å²) in [7, 11) is 0. The number of terminal acetylenes is 1. The van der Waals surface area contributed by atoms with E-state index >= 15 is 0 Å². The fourth-order valence-electron chi connectivity index (χ4n) is 1.36. The quantitative estimate of drug-likeness (QED) is 0.768. The zero-order valence-corrected chi connectivity index (χ0v) is 9.79. The first-order valence-electron chi connectivity index (χ1n) is 5.46. The summed E-state index contributed by atoms with van der Waals surface area (Å²) in [5.74, 6) is 2.92. The standard InChI is InChI=1S/C14H17NO/c1-4-5-6-14(16)15-13-9-7-12(8-10-13)11(2)3/h1,7-11H,5-6H2,2-3H3,(H,15,16). The molecule has 0 radical (unpaired) electrons. The Morgan fingerprint density at radius 2 is 2.00 bits per heavy atom. The first-order chi connectivity index (χ1) is 7.63. The monoisotopic (exact) mass is 215 g/mol. The van der Waals surface area contributed by atoms with Crippen molar-refractivity contribution in [1.29, 1.82) is 0 Å². The summed E-state index contributed by atoms with van der Waals surface area (Å²) in [5, 5.41) is 2.81. The lowest BCUT2D eigenvalue weighted by molar-refractivity contribution is -0.116. The van der Waals surface area contributed by atoms with Gasteiger partial charge in [-0.05, 0) is 23.6 Å². The summed E-state index contributed by atoms with van der Waals surface area (Å²) >= 11 is 0. The van der Waals surface area contributed by atoms with Gasteiger partial charge < -0.3 is 5.32 Å². The number of carbonyl (C=O) groups excluding carboxylic acids is 1. The van der Waals surface area contributed by atoms with Crippen LogP contribution in [0.5, 0.6) is 0 Å². The van der Waals surface area contributed by atoms with Gasteiger partial charge in [-0.3, -0.25) is 4.79 Å². The highest BCUT2D eigenvalue weighted by Gasteiger charge is 2.02. The van der Waals surface area contributed by atoms with Crippen LogP contribution in [0.2, 0.25) is 0 Å². The molecule has 0 spiro atoms. The minimum Gasteiger partial charge on any atom is -0.326 e. The second kappa shape index (κ2) is 5.97. The lowest BCUT2D eigenvalue weighted by atomic mass is 10.0. The van der Waals surface area contributed by atoms with Gasteiger partial charge in [-0.2, -0.15) is 0 Å². The molecule has 2 nitrogen and oxygen atoms in total. The van der Waals surface area contributed by atoms with Gasteiger partial charge in [-0.1, -0.05) is 26.0 Å². The third kappa shape index (κ3) is 3.78. The van der Waals surface area contributed by atoms with E-state index in [1.165, 1.54) is 5.56 Å². The van der Waals surface area contributed by atoms with Crippen LogP contribution in [0.25, 0.3) is 0 Å². The number of nitrogens with one attached hydrogen (secondary N) is 1. The highest BCUT2D eigenvalue weighted by Crippen LogP contribution is 2.17. The molecule has 0 heterocycles. The van der Waals surface area contributed by atoms with Gasteiger partial charge in [0.1, 0.15) is 0 Å². The Labute approximate surface area is 97.1 Å². The number of hydrogen-bond donors (Lipinski definition) is 1.